The lowest BCUT2D eigenvalue weighted by atomic mass is 9.88. The van der Waals surface area contributed by atoms with E-state index in [1.54, 1.807) is 55.5 Å². The summed E-state index contributed by atoms with van der Waals surface area (Å²) < 4.78 is 31.8. The molecule has 7 rings (SSSR count). The van der Waals surface area contributed by atoms with E-state index in [0.29, 0.717) is 36.0 Å². The van der Waals surface area contributed by atoms with Crippen molar-refractivity contribution in [3.05, 3.63) is 245 Å². The number of hydrogen-bond donors (Lipinski definition) is 0. The van der Waals surface area contributed by atoms with Gasteiger partial charge in [0, 0.05) is 39.5 Å². The minimum Gasteiger partial charge on any atom is -0.744 e. The van der Waals surface area contributed by atoms with Crippen molar-refractivity contribution in [3.8, 4) is 0 Å². The van der Waals surface area contributed by atoms with Gasteiger partial charge in [-0.05, 0) is 159 Å². The number of hydrogen-bond acceptors (Lipinski definition) is 7. The van der Waals surface area contributed by atoms with Crippen LogP contribution in [0.15, 0.2) is 205 Å². The summed E-state index contributed by atoms with van der Waals surface area (Å²) in [4.78, 5) is 19.9. The van der Waals surface area contributed by atoms with Crippen molar-refractivity contribution in [1.29, 1.82) is 0 Å². The quantitative estimate of drug-likeness (QED) is 0.0273. The maximum absolute atomic E-state index is 10.6. The summed E-state index contributed by atoms with van der Waals surface area (Å²) in [5.74, 6) is -1.96. The van der Waals surface area contributed by atoms with E-state index in [1.807, 2.05) is 0 Å². The highest BCUT2D eigenvalue weighted by molar-refractivity contribution is 7.85. The van der Waals surface area contributed by atoms with E-state index >= 15 is 0 Å². The van der Waals surface area contributed by atoms with Gasteiger partial charge in [-0.2, -0.15) is 0 Å². The van der Waals surface area contributed by atoms with Crippen molar-refractivity contribution in [1.82, 2.24) is 0 Å². The number of rotatable bonds is 48. The summed E-state index contributed by atoms with van der Waals surface area (Å²) in [6.45, 7) is 21.3. The summed E-state index contributed by atoms with van der Waals surface area (Å²) in [5.41, 5.74) is 7.46. The Hall–Kier alpha value is -5.32. The second-order valence-electron chi connectivity index (χ2n) is 29.2. The predicted molar refractivity (Wildman–Crippen MR) is 448 cm³/mol. The zero-order valence-corrected chi connectivity index (χ0v) is 68.8. The molecule has 103 heavy (non-hydrogen) atoms. The SMILES string of the molecule is CCCC[P+](CCCC)(CCCC)CCCC(c1ccccc1)c1ccccc1.CCCC[P+](CCCC)(CCCC)CCCC(c1ccccc1)c1ccccc1.CCCC[P+](CCCC)(CCCC)CCCC(c1ccccc1)c1ccccc1.O=C([O-])c1cc(C(=O)[O-])cc(S(=O)(=O)[O-])c1. The largest absolute Gasteiger partial charge is 0.744 e. The fourth-order valence-corrected chi connectivity index (χ4v) is 31.0. The van der Waals surface area contributed by atoms with Crippen molar-refractivity contribution in [2.75, 3.05) is 73.9 Å². The van der Waals surface area contributed by atoms with E-state index in [-0.39, 0.29) is 0 Å². The van der Waals surface area contributed by atoms with Gasteiger partial charge in [0.2, 0.25) is 0 Å². The predicted octanol–water partition coefficient (Wildman–Crippen LogP) is 24.4. The minimum absolute atomic E-state index is 0.518. The number of aromatic carboxylic acids is 2. The average Bonchev–Trinajstić information content (AvgIpc) is 0.866. The van der Waals surface area contributed by atoms with Crippen LogP contribution in [0, 0.1) is 0 Å². The molecule has 7 aromatic rings. The summed E-state index contributed by atoms with van der Waals surface area (Å²) in [6, 6.07) is 68.8. The second-order valence-corrected chi connectivity index (χ2v) is 44.0. The smallest absolute Gasteiger partial charge is 0.124 e. The molecular formula is C92H135O7P3S. The Morgan fingerprint density at radius 3 is 0.592 bits per heavy atom. The van der Waals surface area contributed by atoms with Crippen LogP contribution in [0.5, 0.6) is 0 Å². The second kappa shape index (κ2) is 52.6. The van der Waals surface area contributed by atoms with Crippen molar-refractivity contribution in [2.45, 2.75) is 239 Å². The Morgan fingerprint density at radius 1 is 0.282 bits per heavy atom. The maximum atomic E-state index is 10.6. The third-order valence-corrected chi connectivity index (χ3v) is 37.1. The summed E-state index contributed by atoms with van der Waals surface area (Å²) in [5, 5.41) is 20.9. The van der Waals surface area contributed by atoms with Crippen molar-refractivity contribution in [2.24, 2.45) is 0 Å². The molecule has 0 bridgehead atoms. The first-order chi connectivity index (χ1) is 49.9. The van der Waals surface area contributed by atoms with Crippen LogP contribution < -0.4 is 10.2 Å². The van der Waals surface area contributed by atoms with Crippen LogP contribution >= 0.6 is 21.8 Å². The number of carbonyl (C=O) groups is 2. The van der Waals surface area contributed by atoms with Gasteiger partial charge in [0.05, 0.1) is 90.8 Å². The molecule has 0 aromatic heterocycles. The standard InChI is InChI=1S/3C28H44P.C8H6O7S/c3*1-4-7-22-29(23-8-5-2,24-9-6-3)25-16-21-28(26-17-12-10-13-18-26)27-19-14-11-15-20-27;9-7(10)4-1-5(8(11)12)3-6(2-4)16(13,14)15/h3*10-15,17-20,28H,4-9,16,21-25H2,1-3H3;1-3H,(H,9,10)(H,11,12)(H,13,14,15)/q3*+1;/p-3. The highest BCUT2D eigenvalue weighted by atomic mass is 32.2. The van der Waals surface area contributed by atoms with E-state index in [2.05, 4.69) is 244 Å². The van der Waals surface area contributed by atoms with Gasteiger partial charge in [0.15, 0.2) is 0 Å². The van der Waals surface area contributed by atoms with Crippen molar-refractivity contribution >= 4 is 43.8 Å². The first-order valence-electron chi connectivity index (χ1n) is 40.3. The highest BCUT2D eigenvalue weighted by Crippen LogP contribution is 2.64. The third kappa shape index (κ3) is 34.4. The Morgan fingerprint density at radius 2 is 0.447 bits per heavy atom. The normalized spacial score (nSPS) is 11.7. The fourth-order valence-electron chi connectivity index (χ4n) is 15.0. The molecule has 0 N–H and O–H groups in total. The molecule has 0 fully saturated rings. The van der Waals surface area contributed by atoms with Crippen LogP contribution in [0.1, 0.15) is 288 Å². The zero-order chi connectivity index (χ0) is 74.9. The molecule has 566 valence electrons. The van der Waals surface area contributed by atoms with E-state index in [0.717, 1.165) is 0 Å². The van der Waals surface area contributed by atoms with Crippen LogP contribution in [0.2, 0.25) is 0 Å². The van der Waals surface area contributed by atoms with Gasteiger partial charge in [-0.3, -0.25) is 0 Å². The Labute approximate surface area is 630 Å². The van der Waals surface area contributed by atoms with Crippen LogP contribution in [0.3, 0.4) is 0 Å². The van der Waals surface area contributed by atoms with Crippen LogP contribution in [0.4, 0.5) is 0 Å². The Bertz CT molecular complexity index is 2900. The lowest BCUT2D eigenvalue weighted by Gasteiger charge is -2.29. The van der Waals surface area contributed by atoms with E-state index in [9.17, 15) is 32.8 Å². The topological polar surface area (TPSA) is 137 Å². The number of carboxylic acid groups (broad SMARTS) is 2. The minimum atomic E-state index is -4.95. The van der Waals surface area contributed by atoms with Crippen LogP contribution in [-0.4, -0.2) is 98.9 Å². The molecule has 0 saturated carbocycles. The molecule has 0 radical (unpaired) electrons. The Balaban J connectivity index is 0.000000297. The highest BCUT2D eigenvalue weighted by Gasteiger charge is 2.38. The van der Waals surface area contributed by atoms with Gasteiger partial charge in [-0.25, -0.2) is 8.42 Å². The molecule has 0 aliphatic heterocycles. The third-order valence-electron chi connectivity index (χ3n) is 21.1. The van der Waals surface area contributed by atoms with Crippen LogP contribution in [-0.2, 0) is 10.1 Å². The van der Waals surface area contributed by atoms with Gasteiger partial charge in [-0.1, -0.05) is 302 Å². The Kier molecular flexibility index (Phi) is 46.0. The molecule has 7 aromatic carbocycles. The molecule has 0 amide bonds. The molecule has 11 heteroatoms. The van der Waals surface area contributed by atoms with E-state index in [4.69, 9.17) is 0 Å². The van der Waals surface area contributed by atoms with Gasteiger partial charge in [0.1, 0.15) is 10.1 Å². The molecule has 0 aliphatic carbocycles. The monoisotopic (exact) mass is 1480 g/mol. The summed E-state index contributed by atoms with van der Waals surface area (Å²) >= 11 is 0. The van der Waals surface area contributed by atoms with E-state index in [1.165, 1.54) is 206 Å². The molecule has 0 unspecified atom stereocenters. The fraction of sp³-hybridized carbons (Fsp3) is 0.522. The lowest BCUT2D eigenvalue weighted by Crippen LogP contribution is -2.26. The van der Waals surface area contributed by atoms with Gasteiger partial charge < -0.3 is 24.4 Å². The van der Waals surface area contributed by atoms with E-state index < -0.39 is 59.9 Å². The van der Waals surface area contributed by atoms with Crippen molar-refractivity contribution < 1.29 is 32.8 Å². The zero-order valence-electron chi connectivity index (χ0n) is 65.3. The maximum Gasteiger partial charge on any atom is 0.124 e. The van der Waals surface area contributed by atoms with Gasteiger partial charge in [0.25, 0.3) is 0 Å². The lowest BCUT2D eigenvalue weighted by molar-refractivity contribution is -0.255. The first kappa shape index (κ1) is 90.1. The van der Waals surface area contributed by atoms with Crippen LogP contribution in [0.25, 0.3) is 0 Å². The molecule has 7 nitrogen and oxygen atoms in total. The first-order valence-corrected chi connectivity index (χ1v) is 49.3. The number of benzene rings is 7. The summed E-state index contributed by atoms with van der Waals surface area (Å²) in [6.07, 6.45) is 51.7. The number of carboxylic acids is 2. The van der Waals surface area contributed by atoms with Gasteiger partial charge in [-0.15, -0.1) is 0 Å². The average molecular weight is 1480 g/mol. The molecule has 0 heterocycles. The summed E-state index contributed by atoms with van der Waals surface area (Å²) in [7, 11) is -7.30. The van der Waals surface area contributed by atoms with Gasteiger partial charge >= 0.3 is 0 Å². The molecule has 0 atom stereocenters. The molecule has 0 saturated heterocycles. The number of unbranched alkanes of at least 4 members (excludes halogenated alkanes) is 9. The molecule has 0 aliphatic rings. The van der Waals surface area contributed by atoms with Crippen molar-refractivity contribution in [3.63, 3.8) is 0 Å². The molecular weight excluding hydrogens is 1340 g/mol. The number of carbonyl (C=O) groups excluding carboxylic acids is 2. The molecule has 0 spiro atoms.